The van der Waals surface area contributed by atoms with E-state index in [0.29, 0.717) is 22.2 Å². The smallest absolute Gasteiger partial charge is 0.191 e. The molecule has 0 aliphatic heterocycles. The van der Waals surface area contributed by atoms with Crippen molar-refractivity contribution in [2.24, 2.45) is 7.05 Å². The molecule has 1 aromatic heterocycles. The quantitative estimate of drug-likeness (QED) is 0.520. The third-order valence-electron chi connectivity index (χ3n) is 3.61. The molecule has 0 unspecified atom stereocenters. The van der Waals surface area contributed by atoms with Gasteiger partial charge in [0.2, 0.25) is 0 Å². The second kappa shape index (κ2) is 7.79. The maximum atomic E-state index is 6.21. The molecule has 0 amide bonds. The van der Waals surface area contributed by atoms with Gasteiger partial charge in [0.1, 0.15) is 5.82 Å². The molecule has 1 heterocycles. The van der Waals surface area contributed by atoms with E-state index in [1.807, 2.05) is 54.1 Å². The van der Waals surface area contributed by atoms with Crippen molar-refractivity contribution < 1.29 is 0 Å². The van der Waals surface area contributed by atoms with Crippen LogP contribution in [0.1, 0.15) is 17.0 Å². The van der Waals surface area contributed by atoms with E-state index in [-0.39, 0.29) is 0 Å². The Morgan fingerprint density at radius 3 is 2.29 bits per heavy atom. The fourth-order valence-electron chi connectivity index (χ4n) is 2.22. The van der Waals surface area contributed by atoms with Crippen molar-refractivity contribution in [2.75, 3.05) is 0 Å². The van der Waals surface area contributed by atoms with Crippen LogP contribution in [-0.4, -0.2) is 14.8 Å². The zero-order valence-electron chi connectivity index (χ0n) is 12.8. The van der Waals surface area contributed by atoms with Crippen LogP contribution in [0.4, 0.5) is 0 Å². The highest BCUT2D eigenvalue weighted by atomic mass is 35.5. The highest BCUT2D eigenvalue weighted by Gasteiger charge is 2.12. The molecule has 0 aliphatic rings. The molecule has 0 radical (unpaired) electrons. The van der Waals surface area contributed by atoms with Crippen LogP contribution in [-0.2, 0) is 19.2 Å². The Bertz CT molecular complexity index is 827. The number of hydrogen-bond donors (Lipinski definition) is 0. The van der Waals surface area contributed by atoms with Gasteiger partial charge in [-0.3, -0.25) is 0 Å². The SMILES string of the molecule is Cn1c(Cc2ccc(Cl)cc2)nnc1SCc1c(Cl)cccc1Cl. The van der Waals surface area contributed by atoms with Crippen LogP contribution in [0.5, 0.6) is 0 Å². The van der Waals surface area contributed by atoms with Gasteiger partial charge in [0.05, 0.1) is 0 Å². The fraction of sp³-hybridized carbons (Fsp3) is 0.176. The van der Waals surface area contributed by atoms with E-state index < -0.39 is 0 Å². The number of halogens is 3. The molecule has 0 atom stereocenters. The maximum Gasteiger partial charge on any atom is 0.191 e. The largest absolute Gasteiger partial charge is 0.309 e. The van der Waals surface area contributed by atoms with E-state index >= 15 is 0 Å². The van der Waals surface area contributed by atoms with Gasteiger partial charge in [-0.25, -0.2) is 0 Å². The predicted octanol–water partition coefficient (Wildman–Crippen LogP) is 5.66. The van der Waals surface area contributed by atoms with Crippen molar-refractivity contribution in [1.82, 2.24) is 14.8 Å². The highest BCUT2D eigenvalue weighted by molar-refractivity contribution is 7.98. The predicted molar refractivity (Wildman–Crippen MR) is 101 cm³/mol. The zero-order valence-corrected chi connectivity index (χ0v) is 15.9. The van der Waals surface area contributed by atoms with Gasteiger partial charge in [0.15, 0.2) is 5.16 Å². The topological polar surface area (TPSA) is 30.7 Å². The lowest BCUT2D eigenvalue weighted by Crippen LogP contribution is -2.00. The van der Waals surface area contributed by atoms with E-state index in [2.05, 4.69) is 10.2 Å². The lowest BCUT2D eigenvalue weighted by atomic mass is 10.1. The van der Waals surface area contributed by atoms with Crippen LogP contribution < -0.4 is 0 Å². The molecular weight excluding hydrogens is 385 g/mol. The normalized spacial score (nSPS) is 11.0. The molecule has 0 bridgehead atoms. The first-order valence-corrected chi connectivity index (χ1v) is 9.35. The van der Waals surface area contributed by atoms with E-state index in [0.717, 1.165) is 27.1 Å². The van der Waals surface area contributed by atoms with Crippen LogP contribution in [0.2, 0.25) is 15.1 Å². The van der Waals surface area contributed by atoms with Crippen molar-refractivity contribution in [3.05, 3.63) is 74.5 Å². The first-order chi connectivity index (χ1) is 11.5. The van der Waals surface area contributed by atoms with Gasteiger partial charge in [-0.2, -0.15) is 0 Å². The van der Waals surface area contributed by atoms with Crippen molar-refractivity contribution in [3.63, 3.8) is 0 Å². The summed E-state index contributed by atoms with van der Waals surface area (Å²) in [6, 6.07) is 13.3. The van der Waals surface area contributed by atoms with Crippen LogP contribution in [0.15, 0.2) is 47.6 Å². The van der Waals surface area contributed by atoms with E-state index in [1.165, 1.54) is 0 Å². The Morgan fingerprint density at radius 1 is 0.958 bits per heavy atom. The molecule has 124 valence electrons. The van der Waals surface area contributed by atoms with Crippen LogP contribution >= 0.6 is 46.6 Å². The Balaban J connectivity index is 1.72. The molecule has 24 heavy (non-hydrogen) atoms. The van der Waals surface area contributed by atoms with Gasteiger partial charge in [-0.1, -0.05) is 64.8 Å². The number of hydrogen-bond acceptors (Lipinski definition) is 3. The maximum absolute atomic E-state index is 6.21. The third-order valence-corrected chi connectivity index (χ3v) is 5.61. The minimum atomic E-state index is 0.644. The zero-order chi connectivity index (χ0) is 17.1. The van der Waals surface area contributed by atoms with Crippen molar-refractivity contribution >= 4 is 46.6 Å². The molecule has 0 saturated carbocycles. The van der Waals surface area contributed by atoms with Gasteiger partial charge in [-0.05, 0) is 35.4 Å². The summed E-state index contributed by atoms with van der Waals surface area (Å²) in [5.74, 6) is 1.54. The Morgan fingerprint density at radius 2 is 1.62 bits per heavy atom. The van der Waals surface area contributed by atoms with Gasteiger partial charge < -0.3 is 4.57 Å². The Kier molecular flexibility index (Phi) is 5.72. The fourth-order valence-corrected chi connectivity index (χ4v) is 4.01. The van der Waals surface area contributed by atoms with E-state index in [1.54, 1.807) is 11.8 Å². The summed E-state index contributed by atoms with van der Waals surface area (Å²) in [5, 5.41) is 11.4. The summed E-state index contributed by atoms with van der Waals surface area (Å²) in [7, 11) is 1.96. The van der Waals surface area contributed by atoms with Gasteiger partial charge in [0, 0.05) is 34.3 Å². The number of aromatic nitrogens is 3. The summed E-state index contributed by atoms with van der Waals surface area (Å²) in [4.78, 5) is 0. The average molecular weight is 399 g/mol. The molecule has 3 rings (SSSR count). The molecule has 3 aromatic rings. The molecule has 0 fully saturated rings. The Labute approximate surface area is 160 Å². The number of thioether (sulfide) groups is 1. The minimum absolute atomic E-state index is 0.644. The second-order valence-corrected chi connectivity index (χ2v) is 7.44. The van der Waals surface area contributed by atoms with Crippen molar-refractivity contribution in [2.45, 2.75) is 17.3 Å². The summed E-state index contributed by atoms with van der Waals surface area (Å²) < 4.78 is 1.99. The third kappa shape index (κ3) is 4.06. The first kappa shape index (κ1) is 17.6. The monoisotopic (exact) mass is 397 g/mol. The van der Waals surface area contributed by atoms with Crippen molar-refractivity contribution in [3.8, 4) is 0 Å². The molecule has 0 N–H and O–H groups in total. The molecule has 0 aliphatic carbocycles. The average Bonchev–Trinajstić information content (AvgIpc) is 2.90. The number of rotatable bonds is 5. The molecule has 2 aromatic carbocycles. The van der Waals surface area contributed by atoms with Gasteiger partial charge in [-0.15, -0.1) is 10.2 Å². The lowest BCUT2D eigenvalue weighted by molar-refractivity contribution is 0.749. The highest BCUT2D eigenvalue weighted by Crippen LogP contribution is 2.31. The summed E-state index contributed by atoms with van der Waals surface area (Å²) in [6.45, 7) is 0. The van der Waals surface area contributed by atoms with Gasteiger partial charge >= 0.3 is 0 Å². The minimum Gasteiger partial charge on any atom is -0.309 e. The second-order valence-electron chi connectivity index (χ2n) is 5.25. The number of nitrogens with zero attached hydrogens (tertiary/aromatic N) is 3. The first-order valence-electron chi connectivity index (χ1n) is 7.23. The van der Waals surface area contributed by atoms with Gasteiger partial charge in [0.25, 0.3) is 0 Å². The lowest BCUT2D eigenvalue weighted by Gasteiger charge is -2.07. The van der Waals surface area contributed by atoms with Crippen molar-refractivity contribution in [1.29, 1.82) is 0 Å². The van der Waals surface area contributed by atoms with Crippen LogP contribution in [0.25, 0.3) is 0 Å². The standard InChI is InChI=1S/C17H14Cl3N3S/c1-23-16(9-11-5-7-12(18)8-6-11)21-22-17(23)24-10-13-14(19)3-2-4-15(13)20/h2-8H,9-10H2,1H3. The van der Waals surface area contributed by atoms with Crippen LogP contribution in [0.3, 0.4) is 0 Å². The molecule has 3 nitrogen and oxygen atoms in total. The molecule has 0 spiro atoms. The molecule has 7 heteroatoms. The summed E-state index contributed by atoms with van der Waals surface area (Å²) in [6.07, 6.45) is 0.702. The summed E-state index contributed by atoms with van der Waals surface area (Å²) >= 11 is 19.9. The van der Waals surface area contributed by atoms with E-state index in [9.17, 15) is 0 Å². The summed E-state index contributed by atoms with van der Waals surface area (Å²) in [5.41, 5.74) is 2.05. The van der Waals surface area contributed by atoms with E-state index in [4.69, 9.17) is 34.8 Å². The van der Waals surface area contributed by atoms with Crippen LogP contribution in [0, 0.1) is 0 Å². The Hall–Kier alpha value is -1.20. The molecular formula is C17H14Cl3N3S. The molecule has 0 saturated heterocycles. The number of benzene rings is 2.